The summed E-state index contributed by atoms with van der Waals surface area (Å²) >= 11 is -2.08. The van der Waals surface area contributed by atoms with Crippen molar-refractivity contribution in [2.24, 2.45) is 0 Å². The van der Waals surface area contributed by atoms with Gasteiger partial charge < -0.3 is 6.15 Å². The first-order valence-electron chi connectivity index (χ1n) is 6.51. The normalized spacial score (nSPS) is 12.1. The molecule has 0 rings (SSSR count). The minimum absolute atomic E-state index is 0. The fourth-order valence-corrected chi connectivity index (χ4v) is 1.98. The Kier molecular flexibility index (Phi) is 18.3. The highest BCUT2D eigenvalue weighted by molar-refractivity contribution is 7.74. The molecule has 0 saturated heterocycles. The average Bonchev–Trinajstić information content (AvgIpc) is 2.25. The zero-order valence-electron chi connectivity index (χ0n) is 11.2. The standard InChI is InChI=1S/C12H26O3S.H3N/c1-2-3-4-5-6-7-8-9-10-11-12-15-16(13)14;/h2-12H2,1H3,(H,13,14);1H3. The molecule has 0 aliphatic carbocycles. The van der Waals surface area contributed by atoms with Crippen molar-refractivity contribution in [2.75, 3.05) is 6.61 Å². The van der Waals surface area contributed by atoms with Crippen LogP contribution in [0.3, 0.4) is 0 Å². The second-order valence-corrected chi connectivity index (χ2v) is 4.89. The van der Waals surface area contributed by atoms with Crippen LogP contribution in [0.4, 0.5) is 0 Å². The minimum atomic E-state index is -2.08. The van der Waals surface area contributed by atoms with E-state index in [2.05, 4.69) is 11.1 Å². The molecule has 0 bridgehead atoms. The van der Waals surface area contributed by atoms with Gasteiger partial charge in [-0.3, -0.25) is 8.74 Å². The maximum atomic E-state index is 10.1. The molecular weight excluding hydrogens is 238 g/mol. The van der Waals surface area contributed by atoms with Crippen LogP contribution in [0.15, 0.2) is 0 Å². The second-order valence-electron chi connectivity index (χ2n) is 4.22. The van der Waals surface area contributed by atoms with E-state index in [0.717, 1.165) is 12.8 Å². The van der Waals surface area contributed by atoms with E-state index in [1.54, 1.807) is 0 Å². The highest BCUT2D eigenvalue weighted by Crippen LogP contribution is 2.10. The summed E-state index contributed by atoms with van der Waals surface area (Å²) in [5.41, 5.74) is 0. The predicted molar refractivity (Wildman–Crippen MR) is 73.6 cm³/mol. The zero-order chi connectivity index (χ0) is 12.1. The summed E-state index contributed by atoms with van der Waals surface area (Å²) in [6.07, 6.45) is 12.6. The van der Waals surface area contributed by atoms with Gasteiger partial charge in [0.25, 0.3) is 0 Å². The Morgan fingerprint density at radius 3 is 1.71 bits per heavy atom. The van der Waals surface area contributed by atoms with Crippen molar-refractivity contribution in [2.45, 2.75) is 71.1 Å². The quantitative estimate of drug-likeness (QED) is 0.409. The smallest absolute Gasteiger partial charge is 0.301 e. The fourth-order valence-electron chi connectivity index (χ4n) is 1.72. The summed E-state index contributed by atoms with van der Waals surface area (Å²) < 4.78 is 23.0. The molecule has 1 atom stereocenters. The largest absolute Gasteiger partial charge is 0.344 e. The molecule has 106 valence electrons. The zero-order valence-corrected chi connectivity index (χ0v) is 12.0. The third-order valence-corrected chi connectivity index (χ3v) is 3.05. The molecule has 0 aromatic rings. The van der Waals surface area contributed by atoms with Crippen LogP contribution >= 0.6 is 0 Å². The molecule has 0 radical (unpaired) electrons. The first-order chi connectivity index (χ1) is 7.77. The monoisotopic (exact) mass is 267 g/mol. The van der Waals surface area contributed by atoms with Crippen LogP contribution in [-0.4, -0.2) is 15.4 Å². The Morgan fingerprint density at radius 2 is 1.29 bits per heavy atom. The van der Waals surface area contributed by atoms with E-state index in [-0.39, 0.29) is 6.15 Å². The predicted octanol–water partition coefficient (Wildman–Crippen LogP) is 4.22. The first kappa shape index (κ1) is 19.4. The Bertz CT molecular complexity index is 168. The molecule has 4 N–H and O–H groups in total. The Morgan fingerprint density at radius 1 is 0.882 bits per heavy atom. The van der Waals surface area contributed by atoms with Gasteiger partial charge in [-0.25, -0.2) is 0 Å². The third-order valence-electron chi connectivity index (χ3n) is 2.68. The van der Waals surface area contributed by atoms with Crippen molar-refractivity contribution < 1.29 is 12.9 Å². The number of unbranched alkanes of at least 4 members (excludes halogenated alkanes) is 9. The highest BCUT2D eigenvalue weighted by Gasteiger charge is 1.94. The number of hydrogen-bond donors (Lipinski definition) is 2. The molecule has 0 aliphatic heterocycles. The molecule has 0 fully saturated rings. The van der Waals surface area contributed by atoms with Gasteiger partial charge in [0.2, 0.25) is 0 Å². The summed E-state index contributed by atoms with van der Waals surface area (Å²) in [7, 11) is 0. The van der Waals surface area contributed by atoms with Crippen molar-refractivity contribution in [1.82, 2.24) is 6.15 Å². The van der Waals surface area contributed by atoms with E-state index < -0.39 is 11.4 Å². The highest BCUT2D eigenvalue weighted by atomic mass is 32.2. The van der Waals surface area contributed by atoms with Gasteiger partial charge >= 0.3 is 11.4 Å². The van der Waals surface area contributed by atoms with Crippen LogP contribution in [0.1, 0.15) is 71.1 Å². The fraction of sp³-hybridized carbons (Fsp3) is 1.00. The second kappa shape index (κ2) is 16.0. The van der Waals surface area contributed by atoms with E-state index in [4.69, 9.17) is 4.55 Å². The number of rotatable bonds is 12. The molecule has 4 nitrogen and oxygen atoms in total. The first-order valence-corrected chi connectivity index (χ1v) is 7.54. The van der Waals surface area contributed by atoms with Crippen LogP contribution in [0, 0.1) is 0 Å². The molecule has 0 amide bonds. The van der Waals surface area contributed by atoms with Gasteiger partial charge in [0.05, 0.1) is 6.61 Å². The third kappa shape index (κ3) is 18.6. The minimum Gasteiger partial charge on any atom is -0.344 e. The van der Waals surface area contributed by atoms with E-state index in [1.165, 1.54) is 51.4 Å². The molecule has 0 aromatic carbocycles. The summed E-state index contributed by atoms with van der Waals surface area (Å²) in [6, 6.07) is 0. The molecule has 0 heterocycles. The lowest BCUT2D eigenvalue weighted by atomic mass is 10.1. The van der Waals surface area contributed by atoms with Crippen molar-refractivity contribution >= 4 is 11.4 Å². The molecule has 5 heteroatoms. The molecule has 0 aliphatic rings. The Hall–Kier alpha value is 0.0300. The van der Waals surface area contributed by atoms with Gasteiger partial charge in [0.1, 0.15) is 0 Å². The molecule has 0 aromatic heterocycles. The molecule has 0 spiro atoms. The lowest BCUT2D eigenvalue weighted by Crippen LogP contribution is -1.97. The summed E-state index contributed by atoms with van der Waals surface area (Å²) in [4.78, 5) is 0. The SMILES string of the molecule is CCCCCCCCCCCCOS(=O)O.N. The average molecular weight is 267 g/mol. The van der Waals surface area contributed by atoms with Crippen molar-refractivity contribution in [1.29, 1.82) is 0 Å². The molecule has 1 unspecified atom stereocenters. The van der Waals surface area contributed by atoms with Crippen LogP contribution in [0.5, 0.6) is 0 Å². The van der Waals surface area contributed by atoms with Crippen molar-refractivity contribution in [3.8, 4) is 0 Å². The van der Waals surface area contributed by atoms with Crippen LogP contribution in [-0.2, 0) is 15.5 Å². The topological polar surface area (TPSA) is 81.5 Å². The van der Waals surface area contributed by atoms with Gasteiger partial charge in [-0.15, -0.1) is 0 Å². The lowest BCUT2D eigenvalue weighted by molar-refractivity contribution is 0.296. The van der Waals surface area contributed by atoms with Crippen LogP contribution in [0.25, 0.3) is 0 Å². The van der Waals surface area contributed by atoms with E-state index in [9.17, 15) is 4.21 Å². The van der Waals surface area contributed by atoms with Crippen LogP contribution < -0.4 is 6.15 Å². The Balaban J connectivity index is 0. The maximum absolute atomic E-state index is 10.1. The van der Waals surface area contributed by atoms with Gasteiger partial charge in [-0.05, 0) is 6.42 Å². The Labute approximate surface area is 109 Å². The summed E-state index contributed by atoms with van der Waals surface area (Å²) in [5, 5.41) is 0. The molecular formula is C12H29NO3S. The number of hydrogen-bond acceptors (Lipinski definition) is 3. The maximum Gasteiger partial charge on any atom is 0.301 e. The van der Waals surface area contributed by atoms with Crippen molar-refractivity contribution in [3.05, 3.63) is 0 Å². The van der Waals surface area contributed by atoms with Crippen molar-refractivity contribution in [3.63, 3.8) is 0 Å². The van der Waals surface area contributed by atoms with Gasteiger partial charge in [0, 0.05) is 0 Å². The van der Waals surface area contributed by atoms with Gasteiger partial charge in [0.15, 0.2) is 0 Å². The van der Waals surface area contributed by atoms with E-state index in [0.29, 0.717) is 6.61 Å². The van der Waals surface area contributed by atoms with Gasteiger partial charge in [-0.1, -0.05) is 64.7 Å². The van der Waals surface area contributed by atoms with E-state index >= 15 is 0 Å². The molecule has 0 saturated carbocycles. The van der Waals surface area contributed by atoms with Gasteiger partial charge in [-0.2, -0.15) is 4.21 Å². The summed E-state index contributed by atoms with van der Waals surface area (Å²) in [5.74, 6) is 0. The molecule has 17 heavy (non-hydrogen) atoms. The summed E-state index contributed by atoms with van der Waals surface area (Å²) in [6.45, 7) is 2.64. The lowest BCUT2D eigenvalue weighted by Gasteiger charge is -2.01. The van der Waals surface area contributed by atoms with Crippen LogP contribution in [0.2, 0.25) is 0 Å². The van der Waals surface area contributed by atoms with E-state index in [1.807, 2.05) is 0 Å².